The van der Waals surface area contributed by atoms with Gasteiger partial charge in [-0.15, -0.1) is 0 Å². The first kappa shape index (κ1) is 19.6. The molecule has 2 N–H and O–H groups in total. The summed E-state index contributed by atoms with van der Waals surface area (Å²) in [5.74, 6) is -2.09. The van der Waals surface area contributed by atoms with Crippen LogP contribution in [0.15, 0.2) is 95.0 Å². The Morgan fingerprint density at radius 2 is 1.68 bits per heavy atom. The van der Waals surface area contributed by atoms with Gasteiger partial charge in [0.05, 0.1) is 0 Å². The maximum atomic E-state index is 11.0. The molecule has 5 rings (SSSR count). The molecule has 0 radical (unpaired) electrons. The van der Waals surface area contributed by atoms with Crippen LogP contribution in [0.1, 0.15) is 28.7 Å². The minimum atomic E-state index is -2.09. The van der Waals surface area contributed by atoms with E-state index in [1.54, 1.807) is 30.3 Å². The summed E-state index contributed by atoms with van der Waals surface area (Å²) in [6.45, 7) is 4.11. The number of benzene rings is 3. The van der Waals surface area contributed by atoms with Gasteiger partial charge in [-0.05, 0) is 49.1 Å². The van der Waals surface area contributed by atoms with Crippen molar-refractivity contribution < 1.29 is 14.6 Å². The zero-order valence-corrected chi connectivity index (χ0v) is 17.6. The molecule has 0 amide bonds. The molecule has 3 aromatic carbocycles. The van der Waals surface area contributed by atoms with Gasteiger partial charge >= 0.3 is 0 Å². The van der Waals surface area contributed by atoms with Crippen LogP contribution in [-0.4, -0.2) is 10.2 Å². The first-order valence-electron chi connectivity index (χ1n) is 10.5. The number of hydrogen-bond donors (Lipinski definition) is 2. The second kappa shape index (κ2) is 7.38. The summed E-state index contributed by atoms with van der Waals surface area (Å²) in [6.07, 6.45) is 8.38. The fourth-order valence-corrected chi connectivity index (χ4v) is 4.30. The predicted molar refractivity (Wildman–Crippen MR) is 126 cm³/mol. The number of aryl methyl sites for hydroxylation is 2. The van der Waals surface area contributed by atoms with Gasteiger partial charge in [-0.1, -0.05) is 72.8 Å². The van der Waals surface area contributed by atoms with Gasteiger partial charge < -0.3 is 14.6 Å². The Morgan fingerprint density at radius 3 is 2.48 bits per heavy atom. The van der Waals surface area contributed by atoms with Crippen molar-refractivity contribution in [2.45, 2.75) is 26.1 Å². The third kappa shape index (κ3) is 3.32. The summed E-state index contributed by atoms with van der Waals surface area (Å²) in [6, 6.07) is 19.3. The molecule has 154 valence electrons. The molecule has 0 unspecified atom stereocenters. The van der Waals surface area contributed by atoms with Crippen LogP contribution in [-0.2, 0) is 5.79 Å². The summed E-state index contributed by atoms with van der Waals surface area (Å²) in [5.41, 5.74) is 6.67. The topological polar surface area (TPSA) is 53.6 Å². The van der Waals surface area contributed by atoms with Crippen molar-refractivity contribution in [1.82, 2.24) is 0 Å². The van der Waals surface area contributed by atoms with E-state index in [2.05, 4.69) is 50.3 Å². The Hall–Kier alpha value is -3.40. The largest absolute Gasteiger partial charge is 0.455 e. The van der Waals surface area contributed by atoms with Crippen LogP contribution in [0.4, 0.5) is 0 Å². The normalized spacial score (nSPS) is 14.6. The second-order valence-corrected chi connectivity index (χ2v) is 8.17. The average Bonchev–Trinajstić information content (AvgIpc) is 2.94. The highest BCUT2D eigenvalue weighted by Gasteiger charge is 2.30. The Bertz CT molecular complexity index is 1380. The first-order chi connectivity index (χ1) is 14.9. The standard InChI is InChI=1S/C28H24O3/c1-18-12-14-23-24-15-13-19(2)26(27(24)31-25(23)16-18)20-8-6-7-11-22(17-20)28(29,30)21-9-4-3-5-10-21/h3-5,7-17,29-30H,6H2,1-2H3. The van der Waals surface area contributed by atoms with Gasteiger partial charge in [0.1, 0.15) is 11.2 Å². The molecule has 0 saturated carbocycles. The minimum Gasteiger partial charge on any atom is -0.455 e. The highest BCUT2D eigenvalue weighted by Crippen LogP contribution is 2.39. The minimum absolute atomic E-state index is 0.422. The Morgan fingerprint density at radius 1 is 0.903 bits per heavy atom. The zero-order chi connectivity index (χ0) is 21.6. The number of furan rings is 1. The molecule has 0 fully saturated rings. The van der Waals surface area contributed by atoms with Crippen molar-refractivity contribution in [3.05, 3.63) is 113 Å². The van der Waals surface area contributed by atoms with Crippen LogP contribution in [0, 0.1) is 13.8 Å². The number of hydrogen-bond acceptors (Lipinski definition) is 3. The molecule has 1 aliphatic rings. The van der Waals surface area contributed by atoms with Crippen molar-refractivity contribution in [3.63, 3.8) is 0 Å². The Kier molecular flexibility index (Phi) is 4.66. The van der Waals surface area contributed by atoms with Gasteiger partial charge in [0.2, 0.25) is 5.79 Å². The molecule has 0 aliphatic heterocycles. The van der Waals surface area contributed by atoms with Gasteiger partial charge in [0.25, 0.3) is 0 Å². The van der Waals surface area contributed by atoms with Crippen LogP contribution in [0.2, 0.25) is 0 Å². The number of aliphatic hydroxyl groups is 2. The van der Waals surface area contributed by atoms with E-state index >= 15 is 0 Å². The third-order valence-electron chi connectivity index (χ3n) is 5.96. The number of allylic oxidation sites excluding steroid dienone is 4. The molecular weight excluding hydrogens is 384 g/mol. The quantitative estimate of drug-likeness (QED) is 0.391. The summed E-state index contributed by atoms with van der Waals surface area (Å²) >= 11 is 0. The first-order valence-corrected chi connectivity index (χ1v) is 10.5. The molecule has 1 aromatic heterocycles. The molecule has 3 nitrogen and oxygen atoms in total. The molecule has 0 bridgehead atoms. The monoisotopic (exact) mass is 408 g/mol. The Labute approximate surface area is 181 Å². The summed E-state index contributed by atoms with van der Waals surface area (Å²) in [5, 5.41) is 24.2. The Balaban J connectivity index is 1.71. The molecule has 1 aliphatic carbocycles. The molecule has 1 heterocycles. The smallest absolute Gasteiger partial charge is 0.217 e. The van der Waals surface area contributed by atoms with Gasteiger partial charge in [-0.3, -0.25) is 0 Å². The lowest BCUT2D eigenvalue weighted by Gasteiger charge is -2.24. The maximum Gasteiger partial charge on any atom is 0.217 e. The molecule has 31 heavy (non-hydrogen) atoms. The van der Waals surface area contributed by atoms with Crippen LogP contribution in [0.25, 0.3) is 27.5 Å². The fourth-order valence-electron chi connectivity index (χ4n) is 4.30. The molecule has 0 spiro atoms. The SMILES string of the molecule is Cc1ccc2c(c1)oc1c(C3=CCC=CC(C(O)(O)c4ccccc4)=C3)c(C)ccc12. The summed E-state index contributed by atoms with van der Waals surface area (Å²) < 4.78 is 6.33. The average molecular weight is 408 g/mol. The lowest BCUT2D eigenvalue weighted by Crippen LogP contribution is -2.27. The van der Waals surface area contributed by atoms with Crippen molar-refractivity contribution in [3.8, 4) is 0 Å². The zero-order valence-electron chi connectivity index (χ0n) is 17.6. The molecule has 4 aromatic rings. The van der Waals surface area contributed by atoms with Gasteiger partial charge in [-0.25, -0.2) is 0 Å². The van der Waals surface area contributed by atoms with Crippen LogP contribution in [0.3, 0.4) is 0 Å². The molecular formula is C28H24O3. The fraction of sp³-hybridized carbons (Fsp3) is 0.143. The second-order valence-electron chi connectivity index (χ2n) is 8.17. The van der Waals surface area contributed by atoms with Crippen molar-refractivity contribution in [2.75, 3.05) is 0 Å². The van der Waals surface area contributed by atoms with E-state index in [9.17, 15) is 10.2 Å². The van der Waals surface area contributed by atoms with Crippen molar-refractivity contribution in [1.29, 1.82) is 0 Å². The lowest BCUT2D eigenvalue weighted by molar-refractivity contribution is -0.132. The van der Waals surface area contributed by atoms with Crippen LogP contribution in [0.5, 0.6) is 0 Å². The number of rotatable bonds is 3. The van der Waals surface area contributed by atoms with Crippen LogP contribution >= 0.6 is 0 Å². The summed E-state index contributed by atoms with van der Waals surface area (Å²) in [4.78, 5) is 0. The van der Waals surface area contributed by atoms with E-state index in [1.807, 2.05) is 18.2 Å². The van der Waals surface area contributed by atoms with Gasteiger partial charge in [0.15, 0.2) is 0 Å². The highest BCUT2D eigenvalue weighted by atomic mass is 16.5. The van der Waals surface area contributed by atoms with E-state index < -0.39 is 5.79 Å². The molecule has 0 atom stereocenters. The third-order valence-corrected chi connectivity index (χ3v) is 5.96. The van der Waals surface area contributed by atoms with E-state index in [4.69, 9.17) is 4.42 Å². The van der Waals surface area contributed by atoms with Crippen molar-refractivity contribution >= 4 is 27.5 Å². The van der Waals surface area contributed by atoms with Gasteiger partial charge in [-0.2, -0.15) is 0 Å². The van der Waals surface area contributed by atoms with E-state index in [-0.39, 0.29) is 0 Å². The molecule has 0 saturated heterocycles. The number of fused-ring (bicyclic) bond motifs is 3. The van der Waals surface area contributed by atoms with E-state index in [1.165, 1.54) is 0 Å². The molecule has 3 heteroatoms. The van der Waals surface area contributed by atoms with Crippen LogP contribution < -0.4 is 0 Å². The predicted octanol–water partition coefficient (Wildman–Crippen LogP) is 6.31. The van der Waals surface area contributed by atoms with Crippen molar-refractivity contribution in [2.24, 2.45) is 0 Å². The maximum absolute atomic E-state index is 11.0. The highest BCUT2D eigenvalue weighted by molar-refractivity contribution is 6.09. The van der Waals surface area contributed by atoms with Gasteiger partial charge in [0, 0.05) is 27.5 Å². The van der Waals surface area contributed by atoms with E-state index in [0.29, 0.717) is 17.6 Å². The lowest BCUT2D eigenvalue weighted by atomic mass is 9.92. The summed E-state index contributed by atoms with van der Waals surface area (Å²) in [7, 11) is 0. The van der Waals surface area contributed by atoms with E-state index in [0.717, 1.165) is 44.2 Å².